The van der Waals surface area contributed by atoms with Crippen LogP contribution in [0.15, 0.2) is 20.4 Å². The summed E-state index contributed by atoms with van der Waals surface area (Å²) in [4.78, 5) is 14.5. The summed E-state index contributed by atoms with van der Waals surface area (Å²) in [5, 5.41) is 10.6. The van der Waals surface area contributed by atoms with Crippen molar-refractivity contribution in [1.82, 2.24) is 0 Å². The van der Waals surface area contributed by atoms with Crippen LogP contribution in [0.25, 0.3) is 0 Å². The molecule has 2 N–H and O–H groups in total. The molecule has 56 valence electrons. The highest BCUT2D eigenvalue weighted by atomic mass is 16.3. The van der Waals surface area contributed by atoms with E-state index in [0.717, 1.165) is 6.34 Å². The minimum Gasteiger partial charge on any atom is -0.287 e. The first-order valence-electron chi connectivity index (χ1n) is 3.02. The molecule has 0 bridgehead atoms. The van der Waals surface area contributed by atoms with Gasteiger partial charge < -0.3 is 0 Å². The zero-order valence-corrected chi connectivity index (χ0v) is 5.45. The third-order valence-electron chi connectivity index (χ3n) is 1.51. The lowest BCUT2D eigenvalue weighted by Gasteiger charge is -2.08. The van der Waals surface area contributed by atoms with E-state index in [0.29, 0.717) is 10.6 Å². The topological polar surface area (TPSA) is 95.5 Å². The average molecular weight is 153 g/mol. The first kappa shape index (κ1) is 6.23. The summed E-state index contributed by atoms with van der Waals surface area (Å²) >= 11 is 0. The fraction of sp³-hybridized carbons (Fsp3) is 0.500. The highest BCUT2D eigenvalue weighted by molar-refractivity contribution is 5.94. The van der Waals surface area contributed by atoms with Gasteiger partial charge in [0.1, 0.15) is 0 Å². The second-order valence-electron chi connectivity index (χ2n) is 2.20. The van der Waals surface area contributed by atoms with Crippen molar-refractivity contribution in [2.45, 2.75) is 12.2 Å². The van der Waals surface area contributed by atoms with Crippen molar-refractivity contribution in [2.75, 3.05) is 0 Å². The molecule has 2 aliphatic heterocycles. The number of nitrogens with zero attached hydrogens (tertiary/aromatic N) is 5. The molecule has 2 heterocycles. The van der Waals surface area contributed by atoms with E-state index in [4.69, 9.17) is 5.73 Å². The zero-order valence-electron chi connectivity index (χ0n) is 5.45. The average Bonchev–Trinajstić information content (AvgIpc) is 2.45. The lowest BCUT2D eigenvalue weighted by atomic mass is 10.2. The number of hydrogen-bond acceptors (Lipinski definition) is 6. The molecular formula is C4H5N6O+. The molecule has 7 nitrogen and oxygen atoms in total. The third-order valence-corrected chi connectivity index (χ3v) is 1.51. The Kier molecular flexibility index (Phi) is 1.13. The van der Waals surface area contributed by atoms with Crippen LogP contribution in [0.1, 0.15) is 0 Å². The van der Waals surface area contributed by atoms with E-state index in [-0.39, 0.29) is 0 Å². The van der Waals surface area contributed by atoms with Gasteiger partial charge in [-0.2, -0.15) is 0 Å². The smallest absolute Gasteiger partial charge is 0.287 e. The maximum Gasteiger partial charge on any atom is 0.329 e. The van der Waals surface area contributed by atoms with Crippen molar-refractivity contribution in [2.24, 2.45) is 26.2 Å². The van der Waals surface area contributed by atoms with Crippen LogP contribution in [0, 0.1) is 4.91 Å². The van der Waals surface area contributed by atoms with Crippen LogP contribution in [-0.4, -0.2) is 29.1 Å². The fourth-order valence-corrected chi connectivity index (χ4v) is 0.893. The first-order valence-corrected chi connectivity index (χ1v) is 3.02. The maximum absolute atomic E-state index is 10.8. The molecule has 0 radical (unpaired) electrons. The summed E-state index contributed by atoms with van der Waals surface area (Å²) in [7, 11) is 0. The van der Waals surface area contributed by atoms with E-state index in [1.807, 2.05) is 0 Å². The third kappa shape index (κ3) is 0.777. The van der Waals surface area contributed by atoms with Gasteiger partial charge in [-0.25, -0.2) is 0 Å². The van der Waals surface area contributed by atoms with Crippen molar-refractivity contribution in [3.8, 4) is 0 Å². The summed E-state index contributed by atoms with van der Waals surface area (Å²) in [6, 6.07) is -0.488. The lowest BCUT2D eigenvalue weighted by Crippen LogP contribution is -2.48. The molecule has 0 aliphatic carbocycles. The Balaban J connectivity index is 2.40. The Labute approximate surface area is 61.3 Å². The molecule has 11 heavy (non-hydrogen) atoms. The van der Waals surface area contributed by atoms with Gasteiger partial charge in [0, 0.05) is 0 Å². The molecule has 0 saturated heterocycles. The Morgan fingerprint density at radius 1 is 1.64 bits per heavy atom. The molecule has 0 spiro atoms. The van der Waals surface area contributed by atoms with Gasteiger partial charge in [-0.05, 0) is 15.0 Å². The molecule has 0 aromatic heterocycles. The van der Waals surface area contributed by atoms with E-state index >= 15 is 0 Å². The summed E-state index contributed by atoms with van der Waals surface area (Å²) in [5.41, 5.74) is 5.45. The number of hydrogen-bond donors (Lipinski definition) is 1. The molecule has 7 heteroatoms. The molecule has 0 fully saturated rings. The molecule has 2 unspecified atom stereocenters. The molecule has 0 aromatic rings. The van der Waals surface area contributed by atoms with Gasteiger partial charge in [0.05, 0.1) is 0 Å². The normalized spacial score (nSPS) is 33.9. The van der Waals surface area contributed by atoms with Gasteiger partial charge in [-0.15, -0.1) is 5.11 Å². The maximum atomic E-state index is 10.8. The lowest BCUT2D eigenvalue weighted by molar-refractivity contribution is -0.468. The summed E-state index contributed by atoms with van der Waals surface area (Å²) in [5.74, 6) is 0.407. The Bertz CT molecular complexity index is 291. The molecule has 0 amide bonds. The minimum absolute atomic E-state index is 0.407. The van der Waals surface area contributed by atoms with Crippen LogP contribution >= 0.6 is 0 Å². The second-order valence-corrected chi connectivity index (χ2v) is 2.20. The predicted octanol–water partition coefficient (Wildman–Crippen LogP) is -0.760. The fourth-order valence-electron chi connectivity index (χ4n) is 0.893. The van der Waals surface area contributed by atoms with E-state index in [1.54, 1.807) is 0 Å². The Morgan fingerprint density at radius 2 is 2.45 bits per heavy atom. The van der Waals surface area contributed by atoms with Gasteiger partial charge in [-0.3, -0.25) is 5.73 Å². The largest absolute Gasteiger partial charge is 0.329 e. The molecule has 2 aliphatic rings. The summed E-state index contributed by atoms with van der Waals surface area (Å²) in [6.07, 6.45) is 0.341. The van der Waals surface area contributed by atoms with Crippen molar-refractivity contribution < 1.29 is 4.76 Å². The monoisotopic (exact) mass is 153 g/mol. The van der Waals surface area contributed by atoms with Crippen LogP contribution in [0.3, 0.4) is 0 Å². The van der Waals surface area contributed by atoms with Crippen LogP contribution in [-0.2, 0) is 0 Å². The first-order chi connectivity index (χ1) is 5.29. The molecule has 2 rings (SSSR count). The molecular weight excluding hydrogens is 148 g/mol. The number of nitrogens with two attached hydrogens (primary N) is 1. The quantitative estimate of drug-likeness (QED) is 0.463. The van der Waals surface area contributed by atoms with Gasteiger partial charge in [-0.1, -0.05) is 10.0 Å². The number of rotatable bonds is 0. The predicted molar refractivity (Wildman–Crippen MR) is 36.2 cm³/mol. The van der Waals surface area contributed by atoms with Gasteiger partial charge in [0.15, 0.2) is 0 Å². The number of nitroso groups, excluding NO2 is 1. The molecule has 2 atom stereocenters. The standard InChI is InChI=1S/C4H5N6O/c5-3-2-4(8-9-7-2)6-1-10(3)11/h1-3H,5H2/q+1. The van der Waals surface area contributed by atoms with Crippen molar-refractivity contribution in [3.05, 3.63) is 4.91 Å². The van der Waals surface area contributed by atoms with E-state index in [2.05, 4.69) is 20.4 Å². The van der Waals surface area contributed by atoms with Gasteiger partial charge in [0.25, 0.3) is 5.84 Å². The van der Waals surface area contributed by atoms with Crippen LogP contribution in [0.4, 0.5) is 0 Å². The van der Waals surface area contributed by atoms with Crippen LogP contribution in [0.5, 0.6) is 0 Å². The van der Waals surface area contributed by atoms with Crippen LogP contribution < -0.4 is 5.73 Å². The van der Waals surface area contributed by atoms with Crippen molar-refractivity contribution in [1.29, 1.82) is 0 Å². The number of fused-ring (bicyclic) bond motifs is 1. The summed E-state index contributed by atoms with van der Waals surface area (Å²) < 4.78 is 0.536. The van der Waals surface area contributed by atoms with Crippen molar-refractivity contribution >= 4 is 12.2 Å². The zero-order chi connectivity index (χ0) is 7.84. The minimum atomic E-state index is -0.738. The van der Waals surface area contributed by atoms with E-state index in [1.165, 1.54) is 0 Å². The SMILES string of the molecule is NC1C2N=NN=C2N=C[N+]1=O. The Morgan fingerprint density at radius 3 is 3.27 bits per heavy atom. The Hall–Kier alpha value is -1.50. The van der Waals surface area contributed by atoms with Gasteiger partial charge in [0.2, 0.25) is 12.2 Å². The highest BCUT2D eigenvalue weighted by Crippen LogP contribution is 2.12. The highest BCUT2D eigenvalue weighted by Gasteiger charge is 2.40. The van der Waals surface area contributed by atoms with Crippen LogP contribution in [0.2, 0.25) is 0 Å². The number of amidine groups is 1. The van der Waals surface area contributed by atoms with Crippen molar-refractivity contribution in [3.63, 3.8) is 0 Å². The van der Waals surface area contributed by atoms with Gasteiger partial charge >= 0.3 is 6.34 Å². The second kappa shape index (κ2) is 1.99. The number of aliphatic imine (C=N–C) groups is 1. The molecule has 0 saturated carbocycles. The van der Waals surface area contributed by atoms with E-state index < -0.39 is 12.2 Å². The summed E-state index contributed by atoms with van der Waals surface area (Å²) in [6.45, 7) is 0. The molecule has 0 aromatic carbocycles. The van der Waals surface area contributed by atoms with E-state index in [9.17, 15) is 4.91 Å².